The third kappa shape index (κ3) is 3.66. The van der Waals surface area contributed by atoms with Crippen molar-refractivity contribution < 1.29 is 4.39 Å². The summed E-state index contributed by atoms with van der Waals surface area (Å²) in [7, 11) is 0. The van der Waals surface area contributed by atoms with Crippen LogP contribution < -0.4 is 5.73 Å². The van der Waals surface area contributed by atoms with E-state index in [9.17, 15) is 4.39 Å². The number of nitrogen functional groups attached to an aromatic ring is 1. The molecule has 0 saturated heterocycles. The number of thioether (sulfide) groups is 1. The summed E-state index contributed by atoms with van der Waals surface area (Å²) in [6, 6.07) is 13.5. The zero-order chi connectivity index (χ0) is 17.2. The van der Waals surface area contributed by atoms with Gasteiger partial charge in [0.15, 0.2) is 0 Å². The van der Waals surface area contributed by atoms with E-state index in [0.717, 1.165) is 22.8 Å². The second-order valence-corrected chi connectivity index (χ2v) is 7.34. The lowest BCUT2D eigenvalue weighted by molar-refractivity contribution is 0.631. The fraction of sp³-hybridized carbons (Fsp3) is 0.200. The molecule has 126 valence electrons. The molecule has 1 fully saturated rings. The number of nitrogens with zero attached hydrogens (tertiary/aromatic N) is 2. The lowest BCUT2D eigenvalue weighted by atomic mass is 10.0. The molecule has 4 rings (SSSR count). The lowest BCUT2D eigenvalue weighted by Crippen LogP contribution is -1.95. The molecule has 1 heterocycles. The van der Waals surface area contributed by atoms with Crippen LogP contribution in [0.4, 0.5) is 10.3 Å². The van der Waals surface area contributed by atoms with Gasteiger partial charge in [-0.05, 0) is 42.0 Å². The average molecular weight is 351 g/mol. The molecule has 2 aromatic carbocycles. The fourth-order valence-corrected chi connectivity index (χ4v) is 3.98. The Balaban J connectivity index is 1.65. The highest BCUT2D eigenvalue weighted by atomic mass is 32.2. The van der Waals surface area contributed by atoms with E-state index in [1.165, 1.54) is 17.7 Å². The van der Waals surface area contributed by atoms with Gasteiger partial charge in [0, 0.05) is 34.2 Å². The number of halogens is 1. The maximum atomic E-state index is 14.7. The number of nitrogens with two attached hydrogens (primary N) is 1. The maximum absolute atomic E-state index is 14.7. The van der Waals surface area contributed by atoms with E-state index in [1.54, 1.807) is 24.5 Å². The summed E-state index contributed by atoms with van der Waals surface area (Å²) in [6.07, 6.45) is 5.75. The Morgan fingerprint density at radius 1 is 1.00 bits per heavy atom. The van der Waals surface area contributed by atoms with Crippen molar-refractivity contribution in [1.82, 2.24) is 9.97 Å². The Labute approximate surface area is 150 Å². The van der Waals surface area contributed by atoms with Crippen LogP contribution in [0, 0.1) is 11.7 Å². The Kier molecular flexibility index (Phi) is 4.40. The minimum absolute atomic E-state index is 0.183. The first-order chi connectivity index (χ1) is 12.2. The summed E-state index contributed by atoms with van der Waals surface area (Å²) < 4.78 is 14.7. The average Bonchev–Trinajstić information content (AvgIpc) is 3.46. The molecule has 0 amide bonds. The molecule has 1 aliphatic rings. The van der Waals surface area contributed by atoms with Gasteiger partial charge in [0.1, 0.15) is 5.82 Å². The normalized spacial score (nSPS) is 13.8. The van der Waals surface area contributed by atoms with Crippen LogP contribution in [-0.2, 0) is 0 Å². The molecule has 25 heavy (non-hydrogen) atoms. The van der Waals surface area contributed by atoms with E-state index in [2.05, 4.69) is 22.1 Å². The van der Waals surface area contributed by atoms with Crippen molar-refractivity contribution in [1.29, 1.82) is 0 Å². The second-order valence-electron chi connectivity index (χ2n) is 6.28. The van der Waals surface area contributed by atoms with Gasteiger partial charge >= 0.3 is 0 Å². The molecule has 0 spiro atoms. The number of hydrogen-bond donors (Lipinski definition) is 1. The highest BCUT2D eigenvalue weighted by Crippen LogP contribution is 2.39. The molecule has 1 aromatic heterocycles. The molecule has 5 heteroatoms. The molecular formula is C20H18FN3S. The Morgan fingerprint density at radius 3 is 2.48 bits per heavy atom. The number of rotatable bonds is 5. The zero-order valence-corrected chi connectivity index (χ0v) is 14.5. The second kappa shape index (κ2) is 6.84. The third-order valence-corrected chi connectivity index (χ3v) is 5.63. The maximum Gasteiger partial charge on any atom is 0.219 e. The van der Waals surface area contributed by atoms with Crippen molar-refractivity contribution in [3.05, 3.63) is 60.7 Å². The molecule has 0 radical (unpaired) electrons. The smallest absolute Gasteiger partial charge is 0.219 e. The summed E-state index contributed by atoms with van der Waals surface area (Å²) >= 11 is 1.86. The van der Waals surface area contributed by atoms with E-state index < -0.39 is 0 Å². The van der Waals surface area contributed by atoms with Gasteiger partial charge in [-0.2, -0.15) is 0 Å². The summed E-state index contributed by atoms with van der Waals surface area (Å²) in [6.45, 7) is 0. The van der Waals surface area contributed by atoms with E-state index in [-0.39, 0.29) is 11.8 Å². The Hall–Kier alpha value is -2.40. The van der Waals surface area contributed by atoms with Gasteiger partial charge in [0.25, 0.3) is 0 Å². The van der Waals surface area contributed by atoms with Gasteiger partial charge in [-0.25, -0.2) is 14.4 Å². The van der Waals surface area contributed by atoms with E-state index in [0.29, 0.717) is 11.1 Å². The van der Waals surface area contributed by atoms with Crippen LogP contribution in [0.2, 0.25) is 0 Å². The van der Waals surface area contributed by atoms with Crippen molar-refractivity contribution in [2.24, 2.45) is 5.92 Å². The molecule has 0 unspecified atom stereocenters. The van der Waals surface area contributed by atoms with Crippen LogP contribution >= 0.6 is 11.8 Å². The van der Waals surface area contributed by atoms with Gasteiger partial charge < -0.3 is 5.73 Å². The van der Waals surface area contributed by atoms with E-state index >= 15 is 0 Å². The molecule has 0 atom stereocenters. The van der Waals surface area contributed by atoms with Crippen molar-refractivity contribution in [2.45, 2.75) is 17.7 Å². The Morgan fingerprint density at radius 2 is 1.76 bits per heavy atom. The highest BCUT2D eigenvalue weighted by molar-refractivity contribution is 7.99. The predicted octanol–water partition coefficient (Wildman–Crippen LogP) is 5.03. The minimum Gasteiger partial charge on any atom is -0.368 e. The SMILES string of the molecule is Nc1ncc(-c2ccc(-c3ccccc3SCC3CC3)cc2F)cn1. The number of benzene rings is 2. The molecule has 3 aromatic rings. The van der Waals surface area contributed by atoms with E-state index in [1.807, 2.05) is 30.0 Å². The summed E-state index contributed by atoms with van der Waals surface area (Å²) in [5, 5.41) is 0. The largest absolute Gasteiger partial charge is 0.368 e. The van der Waals surface area contributed by atoms with Crippen LogP contribution in [-0.4, -0.2) is 15.7 Å². The molecule has 1 saturated carbocycles. The summed E-state index contributed by atoms with van der Waals surface area (Å²) in [4.78, 5) is 9.08. The van der Waals surface area contributed by atoms with Gasteiger partial charge in [-0.1, -0.05) is 30.3 Å². The first-order valence-electron chi connectivity index (χ1n) is 8.30. The molecule has 3 nitrogen and oxygen atoms in total. The molecular weight excluding hydrogens is 333 g/mol. The Bertz CT molecular complexity index is 892. The minimum atomic E-state index is -0.284. The summed E-state index contributed by atoms with van der Waals surface area (Å²) in [5.41, 5.74) is 8.56. The molecule has 0 bridgehead atoms. The molecule has 2 N–H and O–H groups in total. The van der Waals surface area contributed by atoms with Crippen LogP contribution in [0.15, 0.2) is 59.8 Å². The fourth-order valence-electron chi connectivity index (χ4n) is 2.72. The van der Waals surface area contributed by atoms with Crippen molar-refractivity contribution in [3.8, 4) is 22.3 Å². The van der Waals surface area contributed by atoms with Gasteiger partial charge in [-0.15, -0.1) is 11.8 Å². The quantitative estimate of drug-likeness (QED) is 0.655. The van der Waals surface area contributed by atoms with Crippen molar-refractivity contribution >= 4 is 17.7 Å². The number of anilines is 1. The van der Waals surface area contributed by atoms with Crippen LogP contribution in [0.3, 0.4) is 0 Å². The lowest BCUT2D eigenvalue weighted by Gasteiger charge is -2.11. The number of aromatic nitrogens is 2. The van der Waals surface area contributed by atoms with Crippen LogP contribution in [0.5, 0.6) is 0 Å². The zero-order valence-electron chi connectivity index (χ0n) is 13.7. The van der Waals surface area contributed by atoms with Crippen LogP contribution in [0.25, 0.3) is 22.3 Å². The van der Waals surface area contributed by atoms with E-state index in [4.69, 9.17) is 5.73 Å². The summed E-state index contributed by atoms with van der Waals surface area (Å²) in [5.74, 6) is 1.89. The molecule has 0 aliphatic heterocycles. The standard InChI is InChI=1S/C20H18FN3S/c21-18-9-14(7-8-16(18)15-10-23-20(22)24-11-15)17-3-1-2-4-19(17)25-12-13-5-6-13/h1-4,7-11,13H,5-6,12H2,(H2,22,23,24). The van der Waals surface area contributed by atoms with Gasteiger partial charge in [-0.3, -0.25) is 0 Å². The number of hydrogen-bond acceptors (Lipinski definition) is 4. The first-order valence-corrected chi connectivity index (χ1v) is 9.29. The van der Waals surface area contributed by atoms with Gasteiger partial charge in [0.05, 0.1) is 0 Å². The first kappa shape index (κ1) is 16.1. The predicted molar refractivity (Wildman–Crippen MR) is 101 cm³/mol. The topological polar surface area (TPSA) is 51.8 Å². The van der Waals surface area contributed by atoms with Crippen LogP contribution in [0.1, 0.15) is 12.8 Å². The molecule has 1 aliphatic carbocycles. The highest BCUT2D eigenvalue weighted by Gasteiger charge is 2.21. The monoisotopic (exact) mass is 351 g/mol. The third-order valence-electron chi connectivity index (χ3n) is 4.32. The van der Waals surface area contributed by atoms with Gasteiger partial charge in [0.2, 0.25) is 5.95 Å². The van der Waals surface area contributed by atoms with Crippen molar-refractivity contribution in [2.75, 3.05) is 11.5 Å². The van der Waals surface area contributed by atoms with Crippen molar-refractivity contribution in [3.63, 3.8) is 0 Å².